The van der Waals surface area contributed by atoms with E-state index < -0.39 is 0 Å². The lowest BCUT2D eigenvalue weighted by Crippen LogP contribution is -2.41. The highest BCUT2D eigenvalue weighted by Gasteiger charge is 2.24. The smallest absolute Gasteiger partial charge is 0.0698 e. The van der Waals surface area contributed by atoms with Crippen LogP contribution in [0, 0.1) is 0 Å². The molecule has 4 nitrogen and oxygen atoms in total. The van der Waals surface area contributed by atoms with Gasteiger partial charge in [0.2, 0.25) is 0 Å². The predicted molar refractivity (Wildman–Crippen MR) is 82.1 cm³/mol. The Kier molecular flexibility index (Phi) is 5.83. The average molecular weight is 278 g/mol. The minimum Gasteiger partial charge on any atom is -0.394 e. The monoisotopic (exact) mass is 278 g/mol. The number of likely N-dealkylation sites (N-methyl/N-ethyl adjacent to an activating group) is 1. The molecule has 20 heavy (non-hydrogen) atoms. The molecule has 0 spiro atoms. The van der Waals surface area contributed by atoms with E-state index in [4.69, 9.17) is 9.84 Å². The summed E-state index contributed by atoms with van der Waals surface area (Å²) in [5.74, 6) is 0. The lowest BCUT2D eigenvalue weighted by atomic mass is 10.1. The molecular formula is C16H26N2O2. The van der Waals surface area contributed by atoms with Gasteiger partial charge in [0, 0.05) is 38.4 Å². The summed E-state index contributed by atoms with van der Waals surface area (Å²) >= 11 is 0. The molecule has 1 aliphatic heterocycles. The SMILES string of the molecule is CC[C@H]1CN(C)c2ccccc2CN1CCOCCO. The first-order valence-corrected chi connectivity index (χ1v) is 7.48. The zero-order valence-electron chi connectivity index (χ0n) is 12.6. The summed E-state index contributed by atoms with van der Waals surface area (Å²) < 4.78 is 5.43. The van der Waals surface area contributed by atoms with Crippen molar-refractivity contribution in [2.45, 2.75) is 25.9 Å². The summed E-state index contributed by atoms with van der Waals surface area (Å²) in [6.45, 7) is 6.40. The third-order valence-electron chi connectivity index (χ3n) is 4.01. The van der Waals surface area contributed by atoms with Crippen molar-refractivity contribution in [1.29, 1.82) is 0 Å². The van der Waals surface area contributed by atoms with Crippen molar-refractivity contribution < 1.29 is 9.84 Å². The molecule has 0 aromatic heterocycles. The molecule has 1 aliphatic rings. The molecule has 0 amide bonds. The molecule has 2 rings (SSSR count). The van der Waals surface area contributed by atoms with Crippen LogP contribution < -0.4 is 4.90 Å². The first kappa shape index (κ1) is 15.3. The second-order valence-electron chi connectivity index (χ2n) is 5.38. The molecule has 1 heterocycles. The van der Waals surface area contributed by atoms with E-state index in [1.165, 1.54) is 11.3 Å². The quantitative estimate of drug-likeness (QED) is 0.804. The highest BCUT2D eigenvalue weighted by molar-refractivity contribution is 5.53. The molecule has 112 valence electrons. The van der Waals surface area contributed by atoms with Crippen molar-refractivity contribution in [2.24, 2.45) is 0 Å². The van der Waals surface area contributed by atoms with E-state index in [2.05, 4.69) is 48.0 Å². The van der Waals surface area contributed by atoms with Crippen molar-refractivity contribution >= 4 is 5.69 Å². The molecule has 1 atom stereocenters. The molecule has 0 aliphatic carbocycles. The van der Waals surface area contributed by atoms with Gasteiger partial charge in [0.1, 0.15) is 0 Å². The van der Waals surface area contributed by atoms with Crippen molar-refractivity contribution in [3.8, 4) is 0 Å². The number of fused-ring (bicyclic) bond motifs is 1. The molecule has 0 saturated heterocycles. The van der Waals surface area contributed by atoms with Crippen LogP contribution in [0.4, 0.5) is 5.69 Å². The Balaban J connectivity index is 2.06. The van der Waals surface area contributed by atoms with E-state index in [0.29, 0.717) is 19.3 Å². The van der Waals surface area contributed by atoms with Crippen LogP contribution >= 0.6 is 0 Å². The van der Waals surface area contributed by atoms with E-state index in [9.17, 15) is 0 Å². The second-order valence-corrected chi connectivity index (χ2v) is 5.38. The number of aliphatic hydroxyl groups is 1. The first-order chi connectivity index (χ1) is 9.76. The van der Waals surface area contributed by atoms with Crippen LogP contribution in [0.5, 0.6) is 0 Å². The molecule has 0 radical (unpaired) electrons. The molecule has 1 N–H and O–H groups in total. The highest BCUT2D eigenvalue weighted by atomic mass is 16.5. The number of hydrogen-bond acceptors (Lipinski definition) is 4. The summed E-state index contributed by atoms with van der Waals surface area (Å²) in [5, 5.41) is 8.77. The number of ether oxygens (including phenoxy) is 1. The molecule has 4 heteroatoms. The standard InChI is InChI=1S/C16H26N2O2/c1-3-15-13-17(2)16-7-5-4-6-14(16)12-18(15)8-10-20-11-9-19/h4-7,15,19H,3,8-13H2,1-2H3/t15-/m0/s1. The number of para-hydroxylation sites is 1. The van der Waals surface area contributed by atoms with Gasteiger partial charge in [0.05, 0.1) is 19.8 Å². The van der Waals surface area contributed by atoms with E-state index in [-0.39, 0.29) is 6.61 Å². The van der Waals surface area contributed by atoms with Crippen LogP contribution in [0.3, 0.4) is 0 Å². The maximum absolute atomic E-state index is 8.77. The van der Waals surface area contributed by atoms with Crippen molar-refractivity contribution in [3.05, 3.63) is 29.8 Å². The maximum atomic E-state index is 8.77. The average Bonchev–Trinajstić information content (AvgIpc) is 2.61. The van der Waals surface area contributed by atoms with E-state index in [1.54, 1.807) is 0 Å². The zero-order valence-corrected chi connectivity index (χ0v) is 12.6. The minimum atomic E-state index is 0.1000. The van der Waals surface area contributed by atoms with Gasteiger partial charge in [-0.25, -0.2) is 0 Å². The fourth-order valence-corrected chi connectivity index (χ4v) is 2.89. The molecule has 0 saturated carbocycles. The van der Waals surface area contributed by atoms with Gasteiger partial charge >= 0.3 is 0 Å². The molecule has 1 aromatic carbocycles. The highest BCUT2D eigenvalue weighted by Crippen LogP contribution is 2.26. The molecule has 0 fully saturated rings. The summed E-state index contributed by atoms with van der Waals surface area (Å²) in [6, 6.07) is 9.18. The van der Waals surface area contributed by atoms with Crippen molar-refractivity contribution in [3.63, 3.8) is 0 Å². The number of hydrogen-bond donors (Lipinski definition) is 1. The number of nitrogens with zero attached hydrogens (tertiary/aromatic N) is 2. The third kappa shape index (κ3) is 3.72. The molecule has 0 unspecified atom stereocenters. The van der Waals surface area contributed by atoms with Crippen LogP contribution in [0.2, 0.25) is 0 Å². The lowest BCUT2D eigenvalue weighted by Gasteiger charge is -2.30. The minimum absolute atomic E-state index is 0.1000. The van der Waals surface area contributed by atoms with Gasteiger partial charge in [-0.2, -0.15) is 0 Å². The van der Waals surface area contributed by atoms with Gasteiger partial charge in [-0.1, -0.05) is 25.1 Å². The van der Waals surface area contributed by atoms with Crippen molar-refractivity contribution in [1.82, 2.24) is 4.90 Å². The Labute approximate surface area is 122 Å². The summed E-state index contributed by atoms with van der Waals surface area (Å²) in [7, 11) is 2.17. The Morgan fingerprint density at radius 3 is 2.85 bits per heavy atom. The van der Waals surface area contributed by atoms with Crippen LogP contribution in [-0.2, 0) is 11.3 Å². The van der Waals surface area contributed by atoms with Gasteiger partial charge in [-0.3, -0.25) is 4.90 Å². The summed E-state index contributed by atoms with van der Waals surface area (Å²) in [5.41, 5.74) is 2.72. The van der Waals surface area contributed by atoms with Crippen LogP contribution in [-0.4, -0.2) is 56.0 Å². The predicted octanol–water partition coefficient (Wildman–Crippen LogP) is 1.73. The Morgan fingerprint density at radius 1 is 1.30 bits per heavy atom. The number of benzene rings is 1. The van der Waals surface area contributed by atoms with Gasteiger partial charge in [0.15, 0.2) is 0 Å². The summed E-state index contributed by atoms with van der Waals surface area (Å²) in [4.78, 5) is 4.86. The number of aliphatic hydroxyl groups excluding tert-OH is 1. The molecule has 1 aromatic rings. The van der Waals surface area contributed by atoms with E-state index in [1.807, 2.05) is 0 Å². The Hall–Kier alpha value is -1.10. The van der Waals surface area contributed by atoms with Gasteiger partial charge in [0.25, 0.3) is 0 Å². The van der Waals surface area contributed by atoms with Crippen molar-refractivity contribution in [2.75, 3.05) is 44.9 Å². The fraction of sp³-hybridized carbons (Fsp3) is 0.625. The topological polar surface area (TPSA) is 35.9 Å². The number of anilines is 1. The van der Waals surface area contributed by atoms with E-state index in [0.717, 1.165) is 26.1 Å². The van der Waals surface area contributed by atoms with Gasteiger partial charge in [-0.05, 0) is 18.1 Å². The van der Waals surface area contributed by atoms with E-state index >= 15 is 0 Å². The first-order valence-electron chi connectivity index (χ1n) is 7.48. The van der Waals surface area contributed by atoms with Gasteiger partial charge in [-0.15, -0.1) is 0 Å². The second kappa shape index (κ2) is 7.62. The van der Waals surface area contributed by atoms with Crippen LogP contribution in [0.25, 0.3) is 0 Å². The van der Waals surface area contributed by atoms with Crippen LogP contribution in [0.15, 0.2) is 24.3 Å². The third-order valence-corrected chi connectivity index (χ3v) is 4.01. The molecular weight excluding hydrogens is 252 g/mol. The molecule has 0 bridgehead atoms. The Bertz CT molecular complexity index is 411. The number of rotatable bonds is 6. The van der Waals surface area contributed by atoms with Crippen LogP contribution in [0.1, 0.15) is 18.9 Å². The lowest BCUT2D eigenvalue weighted by molar-refractivity contribution is 0.0615. The normalized spacial score (nSPS) is 19.8. The fourth-order valence-electron chi connectivity index (χ4n) is 2.89. The maximum Gasteiger partial charge on any atom is 0.0698 e. The zero-order chi connectivity index (χ0) is 14.4. The largest absolute Gasteiger partial charge is 0.394 e. The van der Waals surface area contributed by atoms with Gasteiger partial charge < -0.3 is 14.7 Å². The Morgan fingerprint density at radius 2 is 2.10 bits per heavy atom. The summed E-state index contributed by atoms with van der Waals surface area (Å²) in [6.07, 6.45) is 1.14.